The summed E-state index contributed by atoms with van der Waals surface area (Å²) >= 11 is 12.1. The number of ether oxygens (including phenoxy) is 1. The summed E-state index contributed by atoms with van der Waals surface area (Å²) in [5.74, 6) is 0.639. The second kappa shape index (κ2) is 6.71. The van der Waals surface area contributed by atoms with Crippen molar-refractivity contribution in [3.8, 4) is 11.5 Å². The van der Waals surface area contributed by atoms with Gasteiger partial charge in [0.1, 0.15) is 17.5 Å². The Bertz CT molecular complexity index is 793. The Morgan fingerprint density at radius 3 is 2.42 bits per heavy atom. The van der Waals surface area contributed by atoms with E-state index in [9.17, 15) is 9.59 Å². The average molecular weight is 365 g/mol. The Morgan fingerprint density at radius 2 is 1.83 bits per heavy atom. The Morgan fingerprint density at radius 1 is 1.12 bits per heavy atom. The molecule has 2 aromatic carbocycles. The van der Waals surface area contributed by atoms with Gasteiger partial charge >= 0.3 is 0 Å². The van der Waals surface area contributed by atoms with Gasteiger partial charge in [-0.15, -0.1) is 0 Å². The smallest absolute Gasteiger partial charge is 0.251 e. The molecule has 7 heteroatoms. The van der Waals surface area contributed by atoms with E-state index in [2.05, 4.69) is 5.32 Å². The minimum Gasteiger partial charge on any atom is -0.456 e. The summed E-state index contributed by atoms with van der Waals surface area (Å²) in [4.78, 5) is 24.6. The Hall–Kier alpha value is -2.24. The first-order valence-electron chi connectivity index (χ1n) is 7.24. The number of amides is 2. The number of likely N-dealkylation sites (tertiary alicyclic amines) is 1. The molecule has 124 valence electrons. The van der Waals surface area contributed by atoms with Gasteiger partial charge in [0, 0.05) is 17.8 Å². The van der Waals surface area contributed by atoms with Crippen LogP contribution >= 0.6 is 23.2 Å². The van der Waals surface area contributed by atoms with Crippen LogP contribution in [0.5, 0.6) is 11.5 Å². The number of nitrogens with one attached hydrogen (secondary N) is 1. The number of rotatable bonds is 4. The van der Waals surface area contributed by atoms with Gasteiger partial charge in [0.15, 0.2) is 0 Å². The van der Waals surface area contributed by atoms with E-state index in [4.69, 9.17) is 27.9 Å². The summed E-state index contributed by atoms with van der Waals surface area (Å²) in [5, 5.41) is 4.03. The van der Waals surface area contributed by atoms with E-state index >= 15 is 0 Å². The van der Waals surface area contributed by atoms with Gasteiger partial charge in [0.05, 0.1) is 11.4 Å². The molecule has 1 heterocycles. The molecule has 5 nitrogen and oxygen atoms in total. The molecular weight excluding hydrogens is 351 g/mol. The molecule has 1 aliphatic heterocycles. The minimum absolute atomic E-state index is 0.135. The van der Waals surface area contributed by atoms with Gasteiger partial charge in [-0.1, -0.05) is 23.2 Å². The van der Waals surface area contributed by atoms with Gasteiger partial charge in [-0.25, -0.2) is 0 Å². The number of hydrogen-bond acceptors (Lipinski definition) is 4. The third-order valence-corrected chi connectivity index (χ3v) is 4.24. The van der Waals surface area contributed by atoms with Crippen molar-refractivity contribution in [2.45, 2.75) is 12.5 Å². The number of carbonyl (C=O) groups excluding carboxylic acids is 2. The molecule has 1 aliphatic rings. The molecule has 0 radical (unpaired) electrons. The second-order valence-corrected chi connectivity index (χ2v) is 6.24. The fraction of sp³-hybridized carbons (Fsp3) is 0.176. The van der Waals surface area contributed by atoms with Crippen LogP contribution in [0.1, 0.15) is 6.42 Å². The predicted molar refractivity (Wildman–Crippen MR) is 92.8 cm³/mol. The van der Waals surface area contributed by atoms with E-state index < -0.39 is 6.04 Å². The van der Waals surface area contributed by atoms with Gasteiger partial charge in [-0.3, -0.25) is 14.5 Å². The number of imide groups is 1. The maximum Gasteiger partial charge on any atom is 0.251 e. The molecular formula is C17H14Cl2N2O3. The van der Waals surface area contributed by atoms with Crippen molar-refractivity contribution >= 4 is 40.7 Å². The van der Waals surface area contributed by atoms with Crippen LogP contribution in [0.4, 0.5) is 5.69 Å². The van der Waals surface area contributed by atoms with Gasteiger partial charge in [0.2, 0.25) is 5.91 Å². The van der Waals surface area contributed by atoms with Crippen molar-refractivity contribution in [1.29, 1.82) is 0 Å². The molecule has 1 saturated heterocycles. The lowest BCUT2D eigenvalue weighted by molar-refractivity contribution is -0.136. The second-order valence-electron chi connectivity index (χ2n) is 5.39. The van der Waals surface area contributed by atoms with Gasteiger partial charge in [-0.2, -0.15) is 0 Å². The van der Waals surface area contributed by atoms with Crippen molar-refractivity contribution in [1.82, 2.24) is 4.90 Å². The molecule has 24 heavy (non-hydrogen) atoms. The maximum atomic E-state index is 11.9. The van der Waals surface area contributed by atoms with Crippen LogP contribution in [0.3, 0.4) is 0 Å². The SMILES string of the molecule is CN1C(=O)CC(Nc2ccc(Oc3ccc(Cl)cc3)c(Cl)c2)C1=O. The van der Waals surface area contributed by atoms with E-state index in [1.807, 2.05) is 0 Å². The molecule has 0 aliphatic carbocycles. The Labute approximate surface area is 149 Å². The summed E-state index contributed by atoms with van der Waals surface area (Å²) in [6.07, 6.45) is 0.135. The lowest BCUT2D eigenvalue weighted by atomic mass is 10.2. The highest BCUT2D eigenvalue weighted by Crippen LogP contribution is 2.32. The van der Waals surface area contributed by atoms with Crippen LogP contribution in [0.2, 0.25) is 10.0 Å². The zero-order valence-electron chi connectivity index (χ0n) is 12.8. The molecule has 1 unspecified atom stereocenters. The molecule has 0 spiro atoms. The van der Waals surface area contributed by atoms with Gasteiger partial charge in [0.25, 0.3) is 5.91 Å². The lowest BCUT2D eigenvalue weighted by Crippen LogP contribution is -2.31. The van der Waals surface area contributed by atoms with Crippen LogP contribution in [-0.2, 0) is 9.59 Å². The fourth-order valence-corrected chi connectivity index (χ4v) is 2.72. The monoisotopic (exact) mass is 364 g/mol. The minimum atomic E-state index is -0.568. The summed E-state index contributed by atoms with van der Waals surface area (Å²) in [6, 6.07) is 11.5. The summed E-state index contributed by atoms with van der Waals surface area (Å²) in [5.41, 5.74) is 0.643. The van der Waals surface area contributed by atoms with Gasteiger partial charge in [-0.05, 0) is 42.5 Å². The Balaban J connectivity index is 1.72. The van der Waals surface area contributed by atoms with Gasteiger partial charge < -0.3 is 10.1 Å². The molecule has 1 atom stereocenters. The third-order valence-electron chi connectivity index (χ3n) is 3.70. The molecule has 1 fully saturated rings. The fourth-order valence-electron chi connectivity index (χ4n) is 2.37. The van der Waals surface area contributed by atoms with Crippen molar-refractivity contribution in [3.05, 3.63) is 52.5 Å². The number of carbonyl (C=O) groups is 2. The van der Waals surface area contributed by atoms with Crippen LogP contribution in [0, 0.1) is 0 Å². The van der Waals surface area contributed by atoms with Crippen molar-refractivity contribution in [3.63, 3.8) is 0 Å². The number of benzene rings is 2. The van der Waals surface area contributed by atoms with Crippen LogP contribution in [-0.4, -0.2) is 29.8 Å². The van der Waals surface area contributed by atoms with Crippen LogP contribution < -0.4 is 10.1 Å². The van der Waals surface area contributed by atoms with E-state index in [0.29, 0.717) is 27.2 Å². The summed E-state index contributed by atoms with van der Waals surface area (Å²) < 4.78 is 5.70. The molecule has 0 saturated carbocycles. The Kier molecular flexibility index (Phi) is 4.64. The average Bonchev–Trinajstić information content (AvgIpc) is 2.79. The lowest BCUT2D eigenvalue weighted by Gasteiger charge is -2.14. The largest absolute Gasteiger partial charge is 0.456 e. The zero-order valence-corrected chi connectivity index (χ0v) is 14.3. The first-order valence-corrected chi connectivity index (χ1v) is 7.99. The van der Waals surface area contributed by atoms with Crippen molar-refractivity contribution < 1.29 is 14.3 Å². The molecule has 0 aromatic heterocycles. The van der Waals surface area contributed by atoms with Crippen LogP contribution in [0.15, 0.2) is 42.5 Å². The third kappa shape index (κ3) is 3.47. The van der Waals surface area contributed by atoms with Crippen molar-refractivity contribution in [2.75, 3.05) is 12.4 Å². The number of anilines is 1. The summed E-state index contributed by atoms with van der Waals surface area (Å²) in [6.45, 7) is 0. The number of nitrogens with zero attached hydrogens (tertiary/aromatic N) is 1. The zero-order chi connectivity index (χ0) is 17.3. The molecule has 2 aromatic rings. The van der Waals surface area contributed by atoms with Crippen LogP contribution in [0.25, 0.3) is 0 Å². The topological polar surface area (TPSA) is 58.6 Å². The summed E-state index contributed by atoms with van der Waals surface area (Å²) in [7, 11) is 1.47. The maximum absolute atomic E-state index is 11.9. The quantitative estimate of drug-likeness (QED) is 0.834. The van der Waals surface area contributed by atoms with E-state index in [1.165, 1.54) is 7.05 Å². The number of halogens is 2. The molecule has 2 amide bonds. The molecule has 1 N–H and O–H groups in total. The number of likely N-dealkylation sites (N-methyl/N-ethyl adjacent to an activating group) is 1. The highest BCUT2D eigenvalue weighted by molar-refractivity contribution is 6.32. The van der Waals surface area contributed by atoms with E-state index in [-0.39, 0.29) is 18.2 Å². The predicted octanol–water partition coefficient (Wildman–Crippen LogP) is 3.95. The first-order chi connectivity index (χ1) is 11.4. The standard InChI is InChI=1S/C17H14Cl2N2O3/c1-21-16(22)9-14(17(21)23)20-11-4-7-15(13(19)8-11)24-12-5-2-10(18)3-6-12/h2-8,14,20H,9H2,1H3. The first kappa shape index (κ1) is 16.6. The number of hydrogen-bond donors (Lipinski definition) is 1. The van der Waals surface area contributed by atoms with Crippen molar-refractivity contribution in [2.24, 2.45) is 0 Å². The highest BCUT2D eigenvalue weighted by atomic mass is 35.5. The van der Waals surface area contributed by atoms with E-state index in [0.717, 1.165) is 4.90 Å². The molecule has 3 rings (SSSR count). The highest BCUT2D eigenvalue weighted by Gasteiger charge is 2.35. The normalized spacial score (nSPS) is 17.3. The van der Waals surface area contributed by atoms with E-state index in [1.54, 1.807) is 42.5 Å². The molecule has 0 bridgehead atoms.